The Kier molecular flexibility index (Phi) is 4.08. The van der Waals surface area contributed by atoms with Crippen molar-refractivity contribution >= 4 is 16.3 Å². The largest absolute Gasteiger partial charge is 0.494 e. The van der Waals surface area contributed by atoms with E-state index in [4.69, 9.17) is 9.72 Å². The van der Waals surface area contributed by atoms with Gasteiger partial charge in [-0.25, -0.2) is 4.98 Å². The molecule has 0 radical (unpaired) electrons. The molecule has 0 saturated heterocycles. The summed E-state index contributed by atoms with van der Waals surface area (Å²) in [4.78, 5) is 7.50. The molecule has 4 heteroatoms. The summed E-state index contributed by atoms with van der Waals surface area (Å²) in [5.41, 5.74) is 3.70. The van der Waals surface area contributed by atoms with Gasteiger partial charge in [0.1, 0.15) is 5.75 Å². The number of imidazole rings is 1. The fourth-order valence-electron chi connectivity index (χ4n) is 3.16. The maximum absolute atomic E-state index is 5.73. The molecule has 23 heavy (non-hydrogen) atoms. The van der Waals surface area contributed by atoms with Crippen molar-refractivity contribution in [3.05, 3.63) is 41.0 Å². The molecule has 3 nitrogen and oxygen atoms in total. The second-order valence-electron chi connectivity index (χ2n) is 6.18. The minimum absolute atomic E-state index is 0.794. The standard InChI is InChI=1S/C19H22N2OS/c1-2-3-12-22-15-10-8-14(9-11-15)16-13-21-17-6-4-5-7-18(17)23-19(21)20-16/h8-11,13H,2-7,12H2,1H3. The zero-order chi connectivity index (χ0) is 15.6. The van der Waals surface area contributed by atoms with Crippen molar-refractivity contribution < 1.29 is 4.74 Å². The van der Waals surface area contributed by atoms with E-state index in [1.165, 1.54) is 36.3 Å². The van der Waals surface area contributed by atoms with Crippen molar-refractivity contribution in [2.45, 2.75) is 45.4 Å². The zero-order valence-electron chi connectivity index (χ0n) is 13.5. The summed E-state index contributed by atoms with van der Waals surface area (Å²) >= 11 is 1.86. The second-order valence-corrected chi connectivity index (χ2v) is 7.25. The molecule has 0 N–H and O–H groups in total. The molecule has 0 unspecified atom stereocenters. The van der Waals surface area contributed by atoms with Crippen LogP contribution in [0.25, 0.3) is 16.2 Å². The van der Waals surface area contributed by atoms with Gasteiger partial charge in [0, 0.05) is 22.3 Å². The Morgan fingerprint density at radius 2 is 2.00 bits per heavy atom. The average molecular weight is 326 g/mol. The third-order valence-corrected chi connectivity index (χ3v) is 5.64. The van der Waals surface area contributed by atoms with Crippen LogP contribution in [0.15, 0.2) is 30.5 Å². The fourth-order valence-corrected chi connectivity index (χ4v) is 4.35. The van der Waals surface area contributed by atoms with Gasteiger partial charge in [0.05, 0.1) is 12.3 Å². The third-order valence-electron chi connectivity index (χ3n) is 4.48. The van der Waals surface area contributed by atoms with E-state index < -0.39 is 0 Å². The van der Waals surface area contributed by atoms with E-state index in [2.05, 4.69) is 29.7 Å². The number of ether oxygens (including phenoxy) is 1. The maximum Gasteiger partial charge on any atom is 0.194 e. The van der Waals surface area contributed by atoms with Gasteiger partial charge >= 0.3 is 0 Å². The molecule has 0 amide bonds. The molecule has 1 aromatic carbocycles. The van der Waals surface area contributed by atoms with Crippen LogP contribution < -0.4 is 4.74 Å². The fraction of sp³-hybridized carbons (Fsp3) is 0.421. The SMILES string of the molecule is CCCCOc1ccc(-c2cn3c4c(sc3n2)CCCC4)cc1. The summed E-state index contributed by atoms with van der Waals surface area (Å²) in [5, 5.41) is 0. The first-order valence-corrected chi connectivity index (χ1v) is 9.39. The van der Waals surface area contributed by atoms with Crippen molar-refractivity contribution in [2.75, 3.05) is 6.61 Å². The molecule has 0 aliphatic heterocycles. The molecular weight excluding hydrogens is 304 g/mol. The summed E-state index contributed by atoms with van der Waals surface area (Å²) in [5.74, 6) is 0.945. The monoisotopic (exact) mass is 326 g/mol. The molecule has 0 spiro atoms. The smallest absolute Gasteiger partial charge is 0.194 e. The van der Waals surface area contributed by atoms with Crippen LogP contribution in [0.5, 0.6) is 5.75 Å². The number of hydrogen-bond acceptors (Lipinski definition) is 3. The van der Waals surface area contributed by atoms with Crippen molar-refractivity contribution in [3.8, 4) is 17.0 Å². The number of fused-ring (bicyclic) bond motifs is 3. The summed E-state index contributed by atoms with van der Waals surface area (Å²) < 4.78 is 8.04. The quantitative estimate of drug-likeness (QED) is 0.608. The predicted octanol–water partition coefficient (Wildman–Crippen LogP) is 5.12. The number of aromatic nitrogens is 2. The Bertz CT molecular complexity index is 801. The summed E-state index contributed by atoms with van der Waals surface area (Å²) in [7, 11) is 0. The Hall–Kier alpha value is -1.81. The van der Waals surface area contributed by atoms with Crippen molar-refractivity contribution in [2.24, 2.45) is 0 Å². The normalized spacial score (nSPS) is 14.1. The Labute approximate surface area is 140 Å². The lowest BCUT2D eigenvalue weighted by Gasteiger charge is -2.09. The van der Waals surface area contributed by atoms with Crippen LogP contribution >= 0.6 is 11.3 Å². The molecule has 1 aliphatic rings. The highest BCUT2D eigenvalue weighted by molar-refractivity contribution is 7.17. The predicted molar refractivity (Wildman–Crippen MR) is 95.6 cm³/mol. The summed E-state index contributed by atoms with van der Waals surface area (Å²) in [6.45, 7) is 2.97. The van der Waals surface area contributed by atoms with E-state index >= 15 is 0 Å². The molecule has 0 atom stereocenters. The van der Waals surface area contributed by atoms with Gasteiger partial charge in [-0.15, -0.1) is 11.3 Å². The van der Waals surface area contributed by atoms with Crippen LogP contribution in [0.2, 0.25) is 0 Å². The minimum atomic E-state index is 0.794. The first-order chi connectivity index (χ1) is 11.3. The maximum atomic E-state index is 5.73. The highest BCUT2D eigenvalue weighted by Gasteiger charge is 2.18. The first-order valence-electron chi connectivity index (χ1n) is 8.58. The van der Waals surface area contributed by atoms with E-state index in [9.17, 15) is 0 Å². The topological polar surface area (TPSA) is 26.5 Å². The molecule has 0 fully saturated rings. The van der Waals surface area contributed by atoms with Gasteiger partial charge in [-0.3, -0.25) is 4.40 Å². The highest BCUT2D eigenvalue weighted by atomic mass is 32.1. The van der Waals surface area contributed by atoms with Crippen molar-refractivity contribution in [1.82, 2.24) is 9.38 Å². The van der Waals surface area contributed by atoms with Crippen LogP contribution in [0, 0.1) is 0 Å². The van der Waals surface area contributed by atoms with Gasteiger partial charge in [-0.1, -0.05) is 13.3 Å². The number of unbranched alkanes of at least 4 members (excludes halogenated alkanes) is 1. The summed E-state index contributed by atoms with van der Waals surface area (Å²) in [6, 6.07) is 8.32. The Balaban J connectivity index is 1.57. The van der Waals surface area contributed by atoms with Crippen LogP contribution in [0.4, 0.5) is 0 Å². The van der Waals surface area contributed by atoms with Crippen molar-refractivity contribution in [3.63, 3.8) is 0 Å². The molecule has 0 saturated carbocycles. The number of thiazole rings is 1. The lowest BCUT2D eigenvalue weighted by Crippen LogP contribution is -2.01. The highest BCUT2D eigenvalue weighted by Crippen LogP contribution is 2.32. The van der Waals surface area contributed by atoms with Gasteiger partial charge < -0.3 is 4.74 Å². The van der Waals surface area contributed by atoms with Crippen molar-refractivity contribution in [1.29, 1.82) is 0 Å². The van der Waals surface area contributed by atoms with Gasteiger partial charge in [0.2, 0.25) is 0 Å². The van der Waals surface area contributed by atoms with E-state index in [1.54, 1.807) is 0 Å². The average Bonchev–Trinajstić information content (AvgIpc) is 3.13. The lowest BCUT2D eigenvalue weighted by molar-refractivity contribution is 0.309. The van der Waals surface area contributed by atoms with Crippen LogP contribution in [0.3, 0.4) is 0 Å². The Morgan fingerprint density at radius 1 is 1.17 bits per heavy atom. The second kappa shape index (κ2) is 6.36. The minimum Gasteiger partial charge on any atom is -0.494 e. The van der Waals surface area contributed by atoms with E-state index in [1.807, 2.05) is 23.5 Å². The number of hydrogen-bond donors (Lipinski definition) is 0. The molecule has 120 valence electrons. The number of nitrogens with zero attached hydrogens (tertiary/aromatic N) is 2. The van der Waals surface area contributed by atoms with E-state index in [0.29, 0.717) is 0 Å². The van der Waals surface area contributed by atoms with Gasteiger partial charge in [-0.2, -0.15) is 0 Å². The van der Waals surface area contributed by atoms with Crippen LogP contribution in [0.1, 0.15) is 43.2 Å². The third kappa shape index (κ3) is 2.88. The molecule has 0 bridgehead atoms. The van der Waals surface area contributed by atoms with Crippen LogP contribution in [-0.4, -0.2) is 16.0 Å². The lowest BCUT2D eigenvalue weighted by atomic mass is 10.0. The Morgan fingerprint density at radius 3 is 2.83 bits per heavy atom. The molecule has 2 aromatic heterocycles. The van der Waals surface area contributed by atoms with Gasteiger partial charge in [0.15, 0.2) is 4.96 Å². The van der Waals surface area contributed by atoms with E-state index in [0.717, 1.165) is 41.4 Å². The molecule has 4 rings (SSSR count). The zero-order valence-corrected chi connectivity index (χ0v) is 14.4. The van der Waals surface area contributed by atoms with Crippen LogP contribution in [-0.2, 0) is 12.8 Å². The molecule has 2 heterocycles. The molecular formula is C19H22N2OS. The molecule has 3 aromatic rings. The number of benzene rings is 1. The van der Waals surface area contributed by atoms with Gasteiger partial charge in [-0.05, 0) is 56.4 Å². The number of aryl methyl sites for hydroxylation is 2. The molecule has 1 aliphatic carbocycles. The number of rotatable bonds is 5. The first kappa shape index (κ1) is 14.8. The van der Waals surface area contributed by atoms with Gasteiger partial charge in [0.25, 0.3) is 0 Å². The summed E-state index contributed by atoms with van der Waals surface area (Å²) in [6.07, 6.45) is 9.50. The van der Waals surface area contributed by atoms with E-state index in [-0.39, 0.29) is 0 Å².